The predicted octanol–water partition coefficient (Wildman–Crippen LogP) is 3.88. The zero-order chi connectivity index (χ0) is 18.2. The second kappa shape index (κ2) is 5.42. The van der Waals surface area contributed by atoms with E-state index in [2.05, 4.69) is 26.8 Å². The molecule has 3 heteroatoms. The Balaban J connectivity index is 1.72. The van der Waals surface area contributed by atoms with Crippen LogP contribution in [0.1, 0.15) is 72.6 Å². The number of hydrogen-bond donors (Lipinski definition) is 2. The molecule has 0 aromatic heterocycles. The minimum Gasteiger partial charge on any atom is -0.393 e. The summed E-state index contributed by atoms with van der Waals surface area (Å²) in [7, 11) is 0. The van der Waals surface area contributed by atoms with Crippen molar-refractivity contribution in [3.05, 3.63) is 11.6 Å². The number of carbonyl (C=O) groups excluding carboxylic acids is 1. The summed E-state index contributed by atoms with van der Waals surface area (Å²) >= 11 is 0. The lowest BCUT2D eigenvalue weighted by Gasteiger charge is -2.58. The summed E-state index contributed by atoms with van der Waals surface area (Å²) in [5, 5.41) is 21.5. The maximum atomic E-state index is 12.4. The fourth-order valence-corrected chi connectivity index (χ4v) is 7.73. The Morgan fingerprint density at radius 3 is 2.60 bits per heavy atom. The van der Waals surface area contributed by atoms with Crippen LogP contribution in [0.5, 0.6) is 0 Å². The second-order valence-electron chi connectivity index (χ2n) is 10.1. The first-order chi connectivity index (χ1) is 11.6. The van der Waals surface area contributed by atoms with Gasteiger partial charge in [-0.05, 0) is 81.0 Å². The van der Waals surface area contributed by atoms with Crippen molar-refractivity contribution in [1.82, 2.24) is 0 Å². The number of aliphatic hydroxyl groups is 2. The first-order valence-electron chi connectivity index (χ1n) is 10.3. The average molecular weight is 347 g/mol. The highest BCUT2D eigenvalue weighted by Gasteiger charge is 2.67. The normalized spacial score (nSPS) is 55.0. The Kier molecular flexibility index (Phi) is 3.84. The van der Waals surface area contributed by atoms with Crippen molar-refractivity contribution < 1.29 is 15.0 Å². The van der Waals surface area contributed by atoms with Gasteiger partial charge >= 0.3 is 0 Å². The lowest BCUT2D eigenvalue weighted by molar-refractivity contribution is -0.165. The third kappa shape index (κ3) is 2.09. The highest BCUT2D eigenvalue weighted by Crippen LogP contribution is 2.68. The lowest BCUT2D eigenvalue weighted by Crippen LogP contribution is -2.58. The van der Waals surface area contributed by atoms with E-state index in [0.29, 0.717) is 17.8 Å². The number of hydrogen-bond acceptors (Lipinski definition) is 3. The highest BCUT2D eigenvalue weighted by molar-refractivity contribution is 5.86. The van der Waals surface area contributed by atoms with Crippen molar-refractivity contribution in [2.75, 3.05) is 0 Å². The molecule has 3 saturated carbocycles. The first-order valence-corrected chi connectivity index (χ1v) is 10.3. The third-order valence-corrected chi connectivity index (χ3v) is 9.20. The molecule has 0 amide bonds. The van der Waals surface area contributed by atoms with Crippen LogP contribution in [-0.2, 0) is 4.79 Å². The van der Waals surface area contributed by atoms with Gasteiger partial charge in [-0.25, -0.2) is 0 Å². The summed E-state index contributed by atoms with van der Waals surface area (Å²) in [5.74, 6) is 1.64. The molecular formula is C22H34O3. The van der Waals surface area contributed by atoms with Crippen molar-refractivity contribution >= 4 is 5.78 Å². The SMILES string of the molecule is CC(=O)[C@@]1(O)[C@H](C)C[C@@H]2[C@@H]3CC=C4C[C@H](O)CC[C@]4(C)[C@@H]3CC[C@@]21C. The Morgan fingerprint density at radius 1 is 1.20 bits per heavy atom. The molecular weight excluding hydrogens is 312 g/mol. The molecule has 0 aliphatic heterocycles. The Morgan fingerprint density at radius 2 is 1.92 bits per heavy atom. The fourth-order valence-electron chi connectivity index (χ4n) is 7.73. The topological polar surface area (TPSA) is 57.5 Å². The van der Waals surface area contributed by atoms with Crippen molar-refractivity contribution in [1.29, 1.82) is 0 Å². The Bertz CT molecular complexity index is 625. The van der Waals surface area contributed by atoms with E-state index in [1.165, 1.54) is 5.57 Å². The molecule has 4 aliphatic rings. The van der Waals surface area contributed by atoms with E-state index in [1.54, 1.807) is 6.92 Å². The van der Waals surface area contributed by atoms with Crippen LogP contribution >= 0.6 is 0 Å². The Labute approximate surface area is 151 Å². The van der Waals surface area contributed by atoms with E-state index in [9.17, 15) is 15.0 Å². The van der Waals surface area contributed by atoms with E-state index in [-0.39, 0.29) is 28.6 Å². The molecule has 25 heavy (non-hydrogen) atoms. The smallest absolute Gasteiger partial charge is 0.162 e. The molecule has 0 spiro atoms. The van der Waals surface area contributed by atoms with Crippen molar-refractivity contribution in [2.24, 2.45) is 34.5 Å². The molecule has 3 fully saturated rings. The second-order valence-corrected chi connectivity index (χ2v) is 10.1. The van der Waals surface area contributed by atoms with Crippen LogP contribution in [0.2, 0.25) is 0 Å². The number of allylic oxidation sites excluding steroid dienone is 1. The van der Waals surface area contributed by atoms with E-state index in [1.807, 2.05) is 0 Å². The summed E-state index contributed by atoms with van der Waals surface area (Å²) in [6.45, 7) is 8.26. The zero-order valence-electron chi connectivity index (χ0n) is 16.2. The standard InChI is InChI=1S/C22H34O3/c1-13-11-19-17-6-5-15-12-16(24)7-9-20(15,3)18(17)8-10-21(19,4)22(13,25)14(2)23/h5,13,16-19,24-25H,6-12H2,1-4H3/t13-,16-,17-,18-,19-,20+,21+,22+/m1/s1. The van der Waals surface area contributed by atoms with Crippen LogP contribution in [0, 0.1) is 34.5 Å². The molecule has 4 rings (SSSR count). The van der Waals surface area contributed by atoms with E-state index in [0.717, 1.165) is 44.9 Å². The zero-order valence-corrected chi connectivity index (χ0v) is 16.2. The first kappa shape index (κ1) is 17.7. The predicted molar refractivity (Wildman–Crippen MR) is 97.9 cm³/mol. The highest BCUT2D eigenvalue weighted by atomic mass is 16.3. The molecule has 0 heterocycles. The summed E-state index contributed by atoms with van der Waals surface area (Å²) < 4.78 is 0. The molecule has 0 bridgehead atoms. The van der Waals surface area contributed by atoms with Gasteiger partial charge in [-0.15, -0.1) is 0 Å². The molecule has 0 radical (unpaired) electrons. The number of rotatable bonds is 1. The van der Waals surface area contributed by atoms with Crippen LogP contribution in [-0.4, -0.2) is 27.7 Å². The van der Waals surface area contributed by atoms with Gasteiger partial charge in [0.15, 0.2) is 5.78 Å². The van der Waals surface area contributed by atoms with E-state index < -0.39 is 5.60 Å². The van der Waals surface area contributed by atoms with Crippen LogP contribution < -0.4 is 0 Å². The number of aliphatic hydroxyl groups excluding tert-OH is 1. The van der Waals surface area contributed by atoms with E-state index in [4.69, 9.17) is 0 Å². The van der Waals surface area contributed by atoms with Gasteiger partial charge in [0.05, 0.1) is 6.10 Å². The monoisotopic (exact) mass is 346 g/mol. The largest absolute Gasteiger partial charge is 0.393 e. The Hall–Kier alpha value is -0.670. The van der Waals surface area contributed by atoms with Crippen LogP contribution in [0.4, 0.5) is 0 Å². The van der Waals surface area contributed by atoms with Gasteiger partial charge in [-0.2, -0.15) is 0 Å². The number of carbonyl (C=O) groups is 1. The molecule has 140 valence electrons. The number of Topliss-reactive ketones (excluding diaryl/α,β-unsaturated/α-hetero) is 1. The molecule has 0 saturated heterocycles. The molecule has 3 nitrogen and oxygen atoms in total. The van der Waals surface area contributed by atoms with Crippen LogP contribution in [0.15, 0.2) is 11.6 Å². The summed E-state index contributed by atoms with van der Waals surface area (Å²) in [4.78, 5) is 12.4. The van der Waals surface area contributed by atoms with E-state index >= 15 is 0 Å². The molecule has 0 aromatic rings. The van der Waals surface area contributed by atoms with Gasteiger partial charge in [0.1, 0.15) is 5.60 Å². The van der Waals surface area contributed by atoms with Crippen molar-refractivity contribution in [3.63, 3.8) is 0 Å². The fraction of sp³-hybridized carbons (Fsp3) is 0.864. The van der Waals surface area contributed by atoms with Gasteiger partial charge in [0.2, 0.25) is 0 Å². The minimum atomic E-state index is -1.16. The molecule has 0 aromatic carbocycles. The third-order valence-electron chi connectivity index (χ3n) is 9.20. The summed E-state index contributed by atoms with van der Waals surface area (Å²) in [6, 6.07) is 0. The number of ketones is 1. The van der Waals surface area contributed by atoms with Gasteiger partial charge in [0.25, 0.3) is 0 Å². The molecule has 2 N–H and O–H groups in total. The van der Waals surface area contributed by atoms with Gasteiger partial charge in [-0.3, -0.25) is 4.79 Å². The maximum absolute atomic E-state index is 12.4. The quantitative estimate of drug-likeness (QED) is 0.709. The van der Waals surface area contributed by atoms with Crippen molar-refractivity contribution in [3.8, 4) is 0 Å². The van der Waals surface area contributed by atoms with Gasteiger partial charge < -0.3 is 10.2 Å². The minimum absolute atomic E-state index is 0.0394. The summed E-state index contributed by atoms with van der Waals surface area (Å²) in [5.41, 5.74) is 0.249. The number of fused-ring (bicyclic) bond motifs is 5. The lowest BCUT2D eigenvalue weighted by atomic mass is 9.46. The molecule has 8 atom stereocenters. The maximum Gasteiger partial charge on any atom is 0.162 e. The molecule has 0 unspecified atom stereocenters. The van der Waals surface area contributed by atoms with Crippen molar-refractivity contribution in [2.45, 2.75) is 84.3 Å². The summed E-state index contributed by atoms with van der Waals surface area (Å²) in [6.07, 6.45) is 9.15. The van der Waals surface area contributed by atoms with Gasteiger partial charge in [-0.1, -0.05) is 32.4 Å². The average Bonchev–Trinajstić information content (AvgIpc) is 2.77. The van der Waals surface area contributed by atoms with Crippen LogP contribution in [0.25, 0.3) is 0 Å². The van der Waals surface area contributed by atoms with Gasteiger partial charge in [0, 0.05) is 5.41 Å². The van der Waals surface area contributed by atoms with Crippen LogP contribution in [0.3, 0.4) is 0 Å². The molecule has 4 aliphatic carbocycles.